The first-order valence-corrected chi connectivity index (χ1v) is 35.5. The molecule has 0 aromatic rings. The number of esters is 1. The van der Waals surface area contributed by atoms with Crippen LogP contribution < -0.4 is 5.32 Å². The Kier molecular flexibility index (Phi) is 57.6. The zero-order chi connectivity index (χ0) is 57.9. The molecule has 9 nitrogen and oxygen atoms in total. The maximum atomic E-state index is 13.5. The van der Waals surface area contributed by atoms with Crippen molar-refractivity contribution in [2.75, 3.05) is 40.9 Å². The summed E-state index contributed by atoms with van der Waals surface area (Å²) in [7, 11) is 1.49. The molecule has 464 valence electrons. The molecule has 3 unspecified atom stereocenters. The summed E-state index contributed by atoms with van der Waals surface area (Å²) in [6.07, 6.45) is 74.1. The van der Waals surface area contributed by atoms with E-state index in [4.69, 9.17) is 13.8 Å². The van der Waals surface area contributed by atoms with Gasteiger partial charge in [0.15, 0.2) is 0 Å². The quantitative estimate of drug-likeness (QED) is 0.0156. The highest BCUT2D eigenvalue weighted by atomic mass is 31.2. The highest BCUT2D eigenvalue weighted by Gasteiger charge is 2.30. The fraction of sp³-hybridized carbons (Fsp3) is 0.855. The van der Waals surface area contributed by atoms with Gasteiger partial charge in [0, 0.05) is 12.8 Å². The number of ether oxygens (including phenoxy) is 1. The van der Waals surface area contributed by atoms with Crippen molar-refractivity contribution < 1.29 is 37.3 Å². The van der Waals surface area contributed by atoms with Crippen LogP contribution in [0.1, 0.15) is 329 Å². The first-order valence-electron chi connectivity index (χ1n) is 34.0. The van der Waals surface area contributed by atoms with Crippen LogP contribution in [0.25, 0.3) is 0 Å². The molecule has 0 aliphatic rings. The summed E-state index contributed by atoms with van der Waals surface area (Å²) in [5.74, 6) is -0.523. The SMILES string of the molecule is CCCCCCCC/C=C/CCCCCCCCCCCCCCCCCC(=O)OC(/C=C\CCCCCCCCCCCC)C(COP(=O)(O)OCC[N+](C)(C)C)NC(=O)CCCCC/C=C/C=C/CCCCCCCCC. The molecular weight excluding hydrogens is 1000 g/mol. The lowest BCUT2D eigenvalue weighted by Gasteiger charge is -2.27. The van der Waals surface area contributed by atoms with Crippen molar-refractivity contribution >= 4 is 19.7 Å². The molecule has 1 amide bonds. The molecule has 0 radical (unpaired) electrons. The number of phosphoric acid groups is 1. The number of hydrogen-bond acceptors (Lipinski definition) is 6. The summed E-state index contributed by atoms with van der Waals surface area (Å²) in [6, 6.07) is -0.861. The second kappa shape index (κ2) is 59.1. The molecule has 0 saturated heterocycles. The first kappa shape index (κ1) is 77.0. The van der Waals surface area contributed by atoms with Crippen LogP contribution in [0.15, 0.2) is 48.6 Å². The Hall–Kier alpha value is -2.03. The summed E-state index contributed by atoms with van der Waals surface area (Å²) < 4.78 is 30.7. The number of nitrogens with one attached hydrogen (secondary N) is 1. The number of quaternary nitrogens is 1. The van der Waals surface area contributed by atoms with E-state index in [-0.39, 0.29) is 31.5 Å². The van der Waals surface area contributed by atoms with Crippen LogP contribution in [0.3, 0.4) is 0 Å². The number of allylic oxidation sites excluding steroid dienone is 7. The molecular formula is C69H132N2O7P+. The van der Waals surface area contributed by atoms with E-state index in [0.717, 1.165) is 64.2 Å². The van der Waals surface area contributed by atoms with Crippen molar-refractivity contribution in [3.05, 3.63) is 48.6 Å². The van der Waals surface area contributed by atoms with E-state index in [0.29, 0.717) is 23.9 Å². The van der Waals surface area contributed by atoms with Gasteiger partial charge in [-0.25, -0.2) is 4.57 Å². The van der Waals surface area contributed by atoms with Crippen LogP contribution in [0.5, 0.6) is 0 Å². The third-order valence-electron chi connectivity index (χ3n) is 15.3. The van der Waals surface area contributed by atoms with E-state index in [1.807, 2.05) is 33.3 Å². The molecule has 0 fully saturated rings. The molecule has 0 bridgehead atoms. The summed E-state index contributed by atoms with van der Waals surface area (Å²) in [4.78, 5) is 37.8. The van der Waals surface area contributed by atoms with Crippen molar-refractivity contribution in [2.45, 2.75) is 341 Å². The molecule has 0 spiro atoms. The largest absolute Gasteiger partial charge is 0.472 e. The lowest BCUT2D eigenvalue weighted by Crippen LogP contribution is -2.47. The van der Waals surface area contributed by atoms with Gasteiger partial charge >= 0.3 is 13.8 Å². The van der Waals surface area contributed by atoms with Crippen molar-refractivity contribution in [3.8, 4) is 0 Å². The Morgan fingerprint density at radius 2 is 0.772 bits per heavy atom. The minimum atomic E-state index is -4.46. The number of rotatable bonds is 62. The highest BCUT2D eigenvalue weighted by molar-refractivity contribution is 7.47. The standard InChI is InChI=1S/C69H131N2O7P/c1-7-10-13-16-19-22-25-28-30-32-33-34-35-36-37-38-39-40-42-44-47-50-53-56-59-62-69(73)78-67(60-57-54-51-48-45-27-24-21-18-15-12-9-3)66(65-77-79(74,75)76-64-63-71(4,5)6)70-68(72)61-58-55-52-49-46-43-41-31-29-26-23-20-17-14-11-8-2/h28,30-31,41,43,46,57,60,66-67H,7-27,29,32-40,42,44-45,47-56,58-59,61-65H2,1-6H3,(H-,70,72,74,75)/p+1/b30-28+,41-31+,46-43+,60-57-. The van der Waals surface area contributed by atoms with Crippen LogP contribution >= 0.6 is 7.82 Å². The van der Waals surface area contributed by atoms with Gasteiger partial charge in [-0.1, -0.05) is 282 Å². The molecule has 0 aliphatic heterocycles. The Bertz CT molecular complexity index is 1490. The van der Waals surface area contributed by atoms with E-state index in [1.54, 1.807) is 0 Å². The predicted octanol–water partition coefficient (Wildman–Crippen LogP) is 21.2. The molecule has 0 saturated carbocycles. The van der Waals surface area contributed by atoms with Gasteiger partial charge in [-0.15, -0.1) is 0 Å². The molecule has 10 heteroatoms. The van der Waals surface area contributed by atoms with Crippen LogP contribution in [-0.2, 0) is 27.9 Å². The van der Waals surface area contributed by atoms with Gasteiger partial charge in [0.2, 0.25) is 5.91 Å². The Morgan fingerprint density at radius 1 is 0.443 bits per heavy atom. The van der Waals surface area contributed by atoms with Crippen molar-refractivity contribution in [1.29, 1.82) is 0 Å². The van der Waals surface area contributed by atoms with Crippen LogP contribution in [0, 0.1) is 0 Å². The monoisotopic (exact) mass is 1130 g/mol. The zero-order valence-electron chi connectivity index (χ0n) is 53.1. The van der Waals surface area contributed by atoms with E-state index >= 15 is 0 Å². The van der Waals surface area contributed by atoms with E-state index in [9.17, 15) is 19.0 Å². The predicted molar refractivity (Wildman–Crippen MR) is 342 cm³/mol. The second-order valence-electron chi connectivity index (χ2n) is 24.4. The van der Waals surface area contributed by atoms with Gasteiger partial charge in [-0.3, -0.25) is 18.6 Å². The maximum Gasteiger partial charge on any atom is 0.472 e. The fourth-order valence-electron chi connectivity index (χ4n) is 9.99. The van der Waals surface area contributed by atoms with Crippen molar-refractivity contribution in [1.82, 2.24) is 5.32 Å². The molecule has 79 heavy (non-hydrogen) atoms. The average Bonchev–Trinajstić information content (AvgIpc) is 3.41. The summed E-state index contributed by atoms with van der Waals surface area (Å²) in [6.45, 7) is 7.02. The third kappa shape index (κ3) is 60.4. The highest BCUT2D eigenvalue weighted by Crippen LogP contribution is 2.43. The normalized spacial score (nSPS) is 13.9. The second-order valence-corrected chi connectivity index (χ2v) is 25.8. The third-order valence-corrected chi connectivity index (χ3v) is 16.3. The van der Waals surface area contributed by atoms with Gasteiger partial charge in [0.1, 0.15) is 19.3 Å². The number of amides is 1. The molecule has 0 heterocycles. The minimum absolute atomic E-state index is 0.0362. The summed E-state index contributed by atoms with van der Waals surface area (Å²) in [5, 5.41) is 3.05. The van der Waals surface area contributed by atoms with Crippen LogP contribution in [0.4, 0.5) is 0 Å². The summed E-state index contributed by atoms with van der Waals surface area (Å²) in [5.41, 5.74) is 0. The number of unbranched alkanes of at least 4 members (excludes halogenated alkanes) is 41. The Morgan fingerprint density at radius 3 is 1.16 bits per heavy atom. The van der Waals surface area contributed by atoms with Gasteiger partial charge in [-0.2, -0.15) is 0 Å². The number of carbonyl (C=O) groups is 2. The molecule has 0 rings (SSSR count). The number of nitrogens with zero attached hydrogens (tertiary/aromatic N) is 1. The van der Waals surface area contributed by atoms with Crippen LogP contribution in [0.2, 0.25) is 0 Å². The van der Waals surface area contributed by atoms with E-state index < -0.39 is 20.0 Å². The average molecular weight is 1130 g/mol. The first-order chi connectivity index (χ1) is 38.4. The lowest BCUT2D eigenvalue weighted by molar-refractivity contribution is -0.870. The fourth-order valence-corrected chi connectivity index (χ4v) is 10.7. The Labute approximate surface area is 490 Å². The molecule has 0 aromatic heterocycles. The number of carbonyl (C=O) groups excluding carboxylic acids is 2. The van der Waals surface area contributed by atoms with Gasteiger partial charge in [-0.05, 0) is 83.1 Å². The number of likely N-dealkylation sites (N-methyl/N-ethyl adjacent to an activating group) is 1. The molecule has 2 N–H and O–H groups in total. The molecule has 0 aromatic carbocycles. The van der Waals surface area contributed by atoms with Crippen molar-refractivity contribution in [3.63, 3.8) is 0 Å². The number of hydrogen-bond donors (Lipinski definition) is 2. The van der Waals surface area contributed by atoms with Crippen LogP contribution in [-0.4, -0.2) is 74.3 Å². The topological polar surface area (TPSA) is 111 Å². The van der Waals surface area contributed by atoms with Gasteiger partial charge in [0.05, 0.1) is 33.8 Å². The smallest absolute Gasteiger partial charge is 0.456 e. The van der Waals surface area contributed by atoms with Crippen molar-refractivity contribution in [2.24, 2.45) is 0 Å². The Balaban J connectivity index is 5.09. The minimum Gasteiger partial charge on any atom is -0.456 e. The van der Waals surface area contributed by atoms with Gasteiger partial charge in [0.25, 0.3) is 0 Å². The zero-order valence-corrected chi connectivity index (χ0v) is 54.0. The molecule has 0 aliphatic carbocycles. The number of phosphoric ester groups is 1. The van der Waals surface area contributed by atoms with Gasteiger partial charge < -0.3 is 19.4 Å². The lowest BCUT2D eigenvalue weighted by atomic mass is 10.0. The maximum absolute atomic E-state index is 13.5. The van der Waals surface area contributed by atoms with E-state index in [2.05, 4.69) is 62.5 Å². The summed E-state index contributed by atoms with van der Waals surface area (Å²) >= 11 is 0. The molecule has 3 atom stereocenters. The van der Waals surface area contributed by atoms with E-state index in [1.165, 1.54) is 225 Å².